The van der Waals surface area contributed by atoms with Gasteiger partial charge in [0.25, 0.3) is 0 Å². The molecule has 1 aromatic carbocycles. The van der Waals surface area contributed by atoms with Gasteiger partial charge in [-0.3, -0.25) is 0 Å². The van der Waals surface area contributed by atoms with Crippen LogP contribution in [-0.2, 0) is 7.05 Å². The molecule has 90 valence electrons. The summed E-state index contributed by atoms with van der Waals surface area (Å²) in [4.78, 5) is 4.34. The zero-order valence-corrected chi connectivity index (χ0v) is 10.4. The molecular weight excluding hydrogens is 224 g/mol. The van der Waals surface area contributed by atoms with Crippen LogP contribution >= 0.6 is 0 Å². The number of nitrogens with zero attached hydrogens (tertiary/aromatic N) is 2. The Morgan fingerprint density at radius 1 is 1.17 bits per heavy atom. The second-order valence-electron chi connectivity index (χ2n) is 4.39. The molecule has 0 spiro atoms. The van der Waals surface area contributed by atoms with Crippen LogP contribution in [0.25, 0.3) is 11.0 Å². The van der Waals surface area contributed by atoms with Crippen LogP contribution in [0.3, 0.4) is 0 Å². The Hall–Kier alpha value is -2.29. The van der Waals surface area contributed by atoms with Gasteiger partial charge in [-0.1, -0.05) is 12.1 Å². The van der Waals surface area contributed by atoms with Crippen LogP contribution in [0.5, 0.6) is 11.5 Å². The molecule has 3 nitrogen and oxygen atoms in total. The molecule has 0 unspecified atom stereocenters. The molecule has 0 saturated heterocycles. The largest absolute Gasteiger partial charge is 0.457 e. The number of pyridine rings is 1. The van der Waals surface area contributed by atoms with E-state index < -0.39 is 0 Å². The molecule has 0 atom stereocenters. The second kappa shape index (κ2) is 4.18. The summed E-state index contributed by atoms with van der Waals surface area (Å²) in [6.45, 7) is 2.05. The number of hydrogen-bond donors (Lipinski definition) is 0. The molecule has 2 aromatic heterocycles. The van der Waals surface area contributed by atoms with E-state index in [1.807, 2.05) is 48.1 Å². The van der Waals surface area contributed by atoms with Crippen molar-refractivity contribution in [1.82, 2.24) is 9.55 Å². The molecule has 3 aromatic rings. The molecule has 0 bridgehead atoms. The first-order chi connectivity index (χ1) is 8.74. The molecule has 0 radical (unpaired) electrons. The number of rotatable bonds is 2. The summed E-state index contributed by atoms with van der Waals surface area (Å²) >= 11 is 0. The van der Waals surface area contributed by atoms with E-state index in [0.717, 1.165) is 22.5 Å². The van der Waals surface area contributed by atoms with Crippen molar-refractivity contribution in [2.75, 3.05) is 0 Å². The van der Waals surface area contributed by atoms with Gasteiger partial charge in [0.2, 0.25) is 0 Å². The van der Waals surface area contributed by atoms with Crippen molar-refractivity contribution in [2.45, 2.75) is 6.92 Å². The first-order valence-corrected chi connectivity index (χ1v) is 5.88. The normalized spacial score (nSPS) is 10.8. The SMILES string of the molecule is Cc1cccc(Oc2ccnc3c2ccn3C)c1. The molecule has 3 heteroatoms. The maximum Gasteiger partial charge on any atom is 0.143 e. The minimum Gasteiger partial charge on any atom is -0.457 e. The van der Waals surface area contributed by atoms with E-state index in [0.29, 0.717) is 0 Å². The Kier molecular flexibility index (Phi) is 2.52. The van der Waals surface area contributed by atoms with Crippen LogP contribution < -0.4 is 4.74 Å². The smallest absolute Gasteiger partial charge is 0.143 e. The number of aromatic nitrogens is 2. The molecule has 0 aliphatic heterocycles. The Morgan fingerprint density at radius 3 is 2.89 bits per heavy atom. The highest BCUT2D eigenvalue weighted by Crippen LogP contribution is 2.29. The molecular formula is C15H14N2O. The first kappa shape index (κ1) is 10.8. The summed E-state index contributed by atoms with van der Waals surface area (Å²) < 4.78 is 7.92. The number of benzene rings is 1. The number of fused-ring (bicyclic) bond motifs is 1. The molecule has 0 aliphatic rings. The number of hydrogen-bond acceptors (Lipinski definition) is 2. The van der Waals surface area contributed by atoms with E-state index in [-0.39, 0.29) is 0 Å². The third kappa shape index (κ3) is 1.84. The topological polar surface area (TPSA) is 27.1 Å². The molecule has 0 N–H and O–H groups in total. The van der Waals surface area contributed by atoms with Gasteiger partial charge >= 0.3 is 0 Å². The third-order valence-corrected chi connectivity index (χ3v) is 2.95. The van der Waals surface area contributed by atoms with Gasteiger partial charge in [-0.05, 0) is 36.8 Å². The Morgan fingerprint density at radius 2 is 2.06 bits per heavy atom. The zero-order valence-electron chi connectivity index (χ0n) is 10.4. The highest BCUT2D eigenvalue weighted by atomic mass is 16.5. The molecule has 0 aliphatic carbocycles. The summed E-state index contributed by atoms with van der Waals surface area (Å²) in [5, 5.41) is 1.03. The van der Waals surface area contributed by atoms with E-state index in [2.05, 4.69) is 18.0 Å². The predicted molar refractivity (Wildman–Crippen MR) is 72.0 cm³/mol. The van der Waals surface area contributed by atoms with Crippen molar-refractivity contribution in [1.29, 1.82) is 0 Å². The fourth-order valence-corrected chi connectivity index (χ4v) is 2.03. The van der Waals surface area contributed by atoms with E-state index in [1.54, 1.807) is 6.20 Å². The lowest BCUT2D eigenvalue weighted by molar-refractivity contribution is 0.487. The Bertz CT molecular complexity index is 701. The van der Waals surface area contributed by atoms with Gasteiger partial charge in [0.1, 0.15) is 17.1 Å². The van der Waals surface area contributed by atoms with Crippen LogP contribution in [-0.4, -0.2) is 9.55 Å². The van der Waals surface area contributed by atoms with E-state index in [4.69, 9.17) is 4.74 Å². The maximum absolute atomic E-state index is 5.93. The summed E-state index contributed by atoms with van der Waals surface area (Å²) in [5.74, 6) is 1.69. The van der Waals surface area contributed by atoms with Crippen molar-refractivity contribution in [3.05, 3.63) is 54.4 Å². The van der Waals surface area contributed by atoms with Gasteiger partial charge in [-0.25, -0.2) is 4.98 Å². The lowest BCUT2D eigenvalue weighted by Gasteiger charge is -2.07. The monoisotopic (exact) mass is 238 g/mol. The lowest BCUT2D eigenvalue weighted by atomic mass is 10.2. The average molecular weight is 238 g/mol. The average Bonchev–Trinajstić information content (AvgIpc) is 2.73. The second-order valence-corrected chi connectivity index (χ2v) is 4.39. The summed E-state index contributed by atoms with van der Waals surface area (Å²) in [6, 6.07) is 11.9. The van der Waals surface area contributed by atoms with E-state index in [1.165, 1.54) is 5.56 Å². The van der Waals surface area contributed by atoms with Crippen molar-refractivity contribution in [3.8, 4) is 11.5 Å². The molecule has 0 amide bonds. The van der Waals surface area contributed by atoms with Crippen molar-refractivity contribution < 1.29 is 4.74 Å². The summed E-state index contributed by atoms with van der Waals surface area (Å²) in [6.07, 6.45) is 3.76. The van der Waals surface area contributed by atoms with Gasteiger partial charge in [-0.2, -0.15) is 0 Å². The summed E-state index contributed by atoms with van der Waals surface area (Å²) in [5.41, 5.74) is 2.12. The molecule has 0 saturated carbocycles. The number of aryl methyl sites for hydroxylation is 2. The number of ether oxygens (including phenoxy) is 1. The van der Waals surface area contributed by atoms with Crippen molar-refractivity contribution in [2.24, 2.45) is 7.05 Å². The van der Waals surface area contributed by atoms with Crippen LogP contribution in [0.4, 0.5) is 0 Å². The molecule has 2 heterocycles. The van der Waals surface area contributed by atoms with Gasteiger partial charge in [0, 0.05) is 19.4 Å². The van der Waals surface area contributed by atoms with Crippen LogP contribution in [0.15, 0.2) is 48.8 Å². The Balaban J connectivity index is 2.05. The van der Waals surface area contributed by atoms with Gasteiger partial charge in [-0.15, -0.1) is 0 Å². The summed E-state index contributed by atoms with van der Waals surface area (Å²) in [7, 11) is 1.98. The van der Waals surface area contributed by atoms with Crippen molar-refractivity contribution in [3.63, 3.8) is 0 Å². The van der Waals surface area contributed by atoms with Crippen LogP contribution in [0, 0.1) is 6.92 Å². The molecule has 0 fully saturated rings. The maximum atomic E-state index is 5.93. The highest BCUT2D eigenvalue weighted by Gasteiger charge is 2.06. The zero-order chi connectivity index (χ0) is 12.5. The third-order valence-electron chi connectivity index (χ3n) is 2.95. The van der Waals surface area contributed by atoms with Crippen molar-refractivity contribution >= 4 is 11.0 Å². The molecule has 3 rings (SSSR count). The van der Waals surface area contributed by atoms with Gasteiger partial charge in [0.05, 0.1) is 5.39 Å². The van der Waals surface area contributed by atoms with Crippen LogP contribution in [0.1, 0.15) is 5.56 Å². The first-order valence-electron chi connectivity index (χ1n) is 5.88. The lowest BCUT2D eigenvalue weighted by Crippen LogP contribution is -1.90. The van der Waals surface area contributed by atoms with Gasteiger partial charge in [0.15, 0.2) is 0 Å². The van der Waals surface area contributed by atoms with E-state index >= 15 is 0 Å². The fourth-order valence-electron chi connectivity index (χ4n) is 2.03. The van der Waals surface area contributed by atoms with Crippen LogP contribution in [0.2, 0.25) is 0 Å². The predicted octanol–water partition coefficient (Wildman–Crippen LogP) is 3.67. The Labute approximate surface area is 106 Å². The van der Waals surface area contributed by atoms with Gasteiger partial charge < -0.3 is 9.30 Å². The minimum atomic E-state index is 0.839. The minimum absolute atomic E-state index is 0.839. The quantitative estimate of drug-likeness (QED) is 0.681. The van der Waals surface area contributed by atoms with E-state index in [9.17, 15) is 0 Å². The fraction of sp³-hybridized carbons (Fsp3) is 0.133. The standard InChI is InChI=1S/C15H14N2O/c1-11-4-3-5-12(10-11)18-14-6-8-16-15-13(14)7-9-17(15)2/h3-10H,1-2H3. The highest BCUT2D eigenvalue weighted by molar-refractivity contribution is 5.83. The molecule has 18 heavy (non-hydrogen) atoms.